The van der Waals surface area contributed by atoms with Gasteiger partial charge >= 0.3 is 0 Å². The van der Waals surface area contributed by atoms with Crippen LogP contribution in [0.2, 0.25) is 0 Å². The van der Waals surface area contributed by atoms with Gasteiger partial charge in [0.2, 0.25) is 0 Å². The van der Waals surface area contributed by atoms with Crippen molar-refractivity contribution in [1.29, 1.82) is 0 Å². The zero-order valence-electron chi connectivity index (χ0n) is 29.9. The molecule has 0 spiro atoms. The zero-order valence-corrected chi connectivity index (χ0v) is 29.9. The Balaban J connectivity index is 1.15. The smallest absolute Gasteiger partial charge is 0.176 e. The van der Waals surface area contributed by atoms with Gasteiger partial charge in [0, 0.05) is 50.5 Å². The maximum absolute atomic E-state index is 10.8. The van der Waals surface area contributed by atoms with Crippen molar-refractivity contribution in [2.75, 3.05) is 52.7 Å². The Bertz CT molecular complexity index is 987. The van der Waals surface area contributed by atoms with Crippen LogP contribution in [0.4, 0.5) is 0 Å². The van der Waals surface area contributed by atoms with E-state index in [1.165, 1.54) is 0 Å². The first-order valence-corrected chi connectivity index (χ1v) is 18.2. The van der Waals surface area contributed by atoms with Crippen LogP contribution in [-0.4, -0.2) is 205 Å². The Hall–Kier alpha value is -0.880. The Morgan fingerprint density at radius 2 is 0.830 bits per heavy atom. The summed E-state index contributed by atoms with van der Waals surface area (Å²) in [6.45, 7) is 0.964. The molecule has 4 aliphatic rings. The third-order valence-corrected chi connectivity index (χ3v) is 10.3. The minimum Gasteiger partial charge on any atom is -0.389 e. The SMILES string of the molecule is NC[C@H]1O[C@H](O[C@@H]2[C@@H](OCCOCCCOCCO[C@@H]3[C@@H](O)[C@H](N)C[C@H](N)[C@H]3O[C@H]3O[C@H](CN)[C@@H](O)[C@H](O)[C@H]3N)[C@H](O)[C@@H](N)C[C@H]2N)[C@H](N)[C@@H](O)[C@@H]1O. The Morgan fingerprint density at radius 1 is 0.453 bits per heavy atom. The average molecular weight is 773 g/mol. The molecule has 2 saturated heterocycles. The molecule has 4 rings (SSSR count). The first-order chi connectivity index (χ1) is 25.2. The van der Waals surface area contributed by atoms with Gasteiger partial charge in [0.05, 0.1) is 50.7 Å². The van der Waals surface area contributed by atoms with Crippen molar-refractivity contribution < 1.29 is 68.5 Å². The molecule has 2 aliphatic carbocycles. The van der Waals surface area contributed by atoms with Crippen molar-refractivity contribution in [3.8, 4) is 0 Å². The van der Waals surface area contributed by atoms with Gasteiger partial charge in [-0.3, -0.25) is 0 Å². The van der Waals surface area contributed by atoms with E-state index in [1.54, 1.807) is 0 Å². The predicted molar refractivity (Wildman–Crippen MR) is 184 cm³/mol. The van der Waals surface area contributed by atoms with Crippen molar-refractivity contribution in [3.05, 3.63) is 0 Å². The van der Waals surface area contributed by atoms with E-state index in [9.17, 15) is 30.6 Å². The minimum absolute atomic E-state index is 0.0700. The van der Waals surface area contributed by atoms with Crippen LogP contribution in [0, 0.1) is 0 Å². The summed E-state index contributed by atoms with van der Waals surface area (Å²) in [5.74, 6) is 0. The molecule has 0 aromatic rings. The largest absolute Gasteiger partial charge is 0.389 e. The average Bonchev–Trinajstić information content (AvgIpc) is 3.13. The standard InChI is InChI=1S/C31H64N8O14/c32-10-16-22(42)24(44)18(38)30(50-16)52-26-14(36)8-12(34)20(40)28(26)48-6-4-46-2-1-3-47-5-7-49-29-21(41)13(35)9-15(37)27(29)53-31-19(39)25(45)23(43)17(11-33)51-31/h12-31,40-45H,1-11,32-39H2/t12-,13+,14+,15-,16-,17-,18-,19-,20+,21-,22-,23-,24-,25-,26-,27+,28-,29+,30-,31-/m1/s1. The second-order valence-corrected chi connectivity index (χ2v) is 14.2. The van der Waals surface area contributed by atoms with Crippen LogP contribution < -0.4 is 45.9 Å². The topological polar surface area (TPSA) is 403 Å². The molecular weight excluding hydrogens is 708 g/mol. The van der Waals surface area contributed by atoms with E-state index in [0.717, 1.165) is 0 Å². The number of aliphatic hydroxyl groups excluding tert-OH is 6. The van der Waals surface area contributed by atoms with Gasteiger partial charge in [0.15, 0.2) is 12.6 Å². The lowest BCUT2D eigenvalue weighted by atomic mass is 9.84. The molecule has 0 radical (unpaired) electrons. The van der Waals surface area contributed by atoms with E-state index in [0.29, 0.717) is 19.6 Å². The number of ether oxygens (including phenoxy) is 8. The molecule has 53 heavy (non-hydrogen) atoms. The van der Waals surface area contributed by atoms with Crippen LogP contribution in [-0.2, 0) is 37.9 Å². The number of hydrogen-bond donors (Lipinski definition) is 14. The summed E-state index contributed by atoms with van der Waals surface area (Å²) in [4.78, 5) is 0. The number of aliphatic hydroxyl groups is 6. The molecule has 312 valence electrons. The van der Waals surface area contributed by atoms with E-state index in [-0.39, 0.29) is 52.4 Å². The molecule has 2 heterocycles. The highest BCUT2D eigenvalue weighted by atomic mass is 16.7. The van der Waals surface area contributed by atoms with Gasteiger partial charge < -0.3 is 114 Å². The van der Waals surface area contributed by atoms with Crippen molar-refractivity contribution in [1.82, 2.24) is 0 Å². The fourth-order valence-corrected chi connectivity index (χ4v) is 7.09. The number of nitrogens with two attached hydrogens (primary N) is 8. The Labute approximate surface area is 308 Å². The molecule has 2 aliphatic heterocycles. The molecular formula is C31H64N8O14. The quantitative estimate of drug-likeness (QED) is 0.0575. The molecule has 0 aromatic heterocycles. The maximum Gasteiger partial charge on any atom is 0.176 e. The van der Waals surface area contributed by atoms with E-state index < -0.39 is 122 Å². The summed E-state index contributed by atoms with van der Waals surface area (Å²) < 4.78 is 46.6. The molecule has 20 atom stereocenters. The maximum atomic E-state index is 10.8. The van der Waals surface area contributed by atoms with E-state index in [4.69, 9.17) is 83.8 Å². The Morgan fingerprint density at radius 3 is 1.19 bits per heavy atom. The highest BCUT2D eigenvalue weighted by Gasteiger charge is 2.50. The highest BCUT2D eigenvalue weighted by molar-refractivity contribution is 5.02. The summed E-state index contributed by atoms with van der Waals surface area (Å²) in [7, 11) is 0. The van der Waals surface area contributed by atoms with Gasteiger partial charge in [-0.1, -0.05) is 0 Å². The fraction of sp³-hybridized carbons (Fsp3) is 1.00. The summed E-state index contributed by atoms with van der Waals surface area (Å²) in [5, 5.41) is 62.7. The summed E-state index contributed by atoms with van der Waals surface area (Å²) >= 11 is 0. The molecule has 0 unspecified atom stereocenters. The summed E-state index contributed by atoms with van der Waals surface area (Å²) in [5.41, 5.74) is 48.3. The third kappa shape index (κ3) is 11.2. The fourth-order valence-electron chi connectivity index (χ4n) is 7.09. The van der Waals surface area contributed by atoms with Crippen molar-refractivity contribution in [3.63, 3.8) is 0 Å². The second-order valence-electron chi connectivity index (χ2n) is 14.2. The molecule has 22 N–H and O–H groups in total. The zero-order chi connectivity index (χ0) is 39.0. The van der Waals surface area contributed by atoms with Crippen LogP contribution in [0.25, 0.3) is 0 Å². The van der Waals surface area contributed by atoms with Crippen molar-refractivity contribution in [2.24, 2.45) is 45.9 Å². The predicted octanol–water partition coefficient (Wildman–Crippen LogP) is -8.75. The van der Waals surface area contributed by atoms with Crippen LogP contribution in [0.3, 0.4) is 0 Å². The number of rotatable bonds is 18. The lowest BCUT2D eigenvalue weighted by Crippen LogP contribution is -2.67. The molecule has 22 nitrogen and oxygen atoms in total. The van der Waals surface area contributed by atoms with Crippen LogP contribution in [0.15, 0.2) is 0 Å². The summed E-state index contributed by atoms with van der Waals surface area (Å²) in [6.07, 6.45) is -14.4. The van der Waals surface area contributed by atoms with Gasteiger partial charge in [-0.15, -0.1) is 0 Å². The van der Waals surface area contributed by atoms with Crippen molar-refractivity contribution >= 4 is 0 Å². The normalized spacial score (nSPS) is 46.8. The Kier molecular flexibility index (Phi) is 17.8. The molecule has 0 aromatic carbocycles. The molecule has 4 fully saturated rings. The first kappa shape index (κ1) is 44.8. The lowest BCUT2D eigenvalue weighted by molar-refractivity contribution is -0.291. The van der Waals surface area contributed by atoms with Crippen molar-refractivity contribution in [2.45, 2.75) is 141 Å². The van der Waals surface area contributed by atoms with Gasteiger partial charge in [0.25, 0.3) is 0 Å². The van der Waals surface area contributed by atoms with Gasteiger partial charge in [-0.05, 0) is 19.3 Å². The summed E-state index contributed by atoms with van der Waals surface area (Å²) in [6, 6.07) is -4.86. The number of hydrogen-bond acceptors (Lipinski definition) is 22. The highest BCUT2D eigenvalue weighted by Crippen LogP contribution is 2.30. The van der Waals surface area contributed by atoms with Gasteiger partial charge in [-0.2, -0.15) is 0 Å². The molecule has 2 saturated carbocycles. The molecule has 22 heteroatoms. The third-order valence-electron chi connectivity index (χ3n) is 10.3. The first-order valence-electron chi connectivity index (χ1n) is 18.2. The van der Waals surface area contributed by atoms with E-state index in [2.05, 4.69) is 0 Å². The monoisotopic (exact) mass is 772 g/mol. The van der Waals surface area contributed by atoms with Gasteiger partial charge in [0.1, 0.15) is 61.0 Å². The molecule has 0 amide bonds. The lowest BCUT2D eigenvalue weighted by Gasteiger charge is -2.46. The van der Waals surface area contributed by atoms with Gasteiger partial charge in [-0.25, -0.2) is 0 Å². The van der Waals surface area contributed by atoms with Crippen LogP contribution in [0.1, 0.15) is 19.3 Å². The van der Waals surface area contributed by atoms with Crippen LogP contribution in [0.5, 0.6) is 0 Å². The molecule has 0 bridgehead atoms. The minimum atomic E-state index is -1.35. The van der Waals surface area contributed by atoms with E-state index in [1.807, 2.05) is 0 Å². The van der Waals surface area contributed by atoms with Crippen LogP contribution >= 0.6 is 0 Å². The second kappa shape index (κ2) is 21.0. The van der Waals surface area contributed by atoms with E-state index >= 15 is 0 Å².